The van der Waals surface area contributed by atoms with Gasteiger partial charge in [-0.1, -0.05) is 19.4 Å². The first-order chi connectivity index (χ1) is 9.56. The van der Waals surface area contributed by atoms with E-state index in [4.69, 9.17) is 5.73 Å². The van der Waals surface area contributed by atoms with Gasteiger partial charge in [-0.25, -0.2) is 13.1 Å². The number of hydrogen-bond donors (Lipinski definition) is 2. The van der Waals surface area contributed by atoms with Gasteiger partial charge >= 0.3 is 0 Å². The first-order valence-electron chi connectivity index (χ1n) is 7.38. The number of sulfonamides is 1. The summed E-state index contributed by atoms with van der Waals surface area (Å²) in [6.07, 6.45) is 4.97. The van der Waals surface area contributed by atoms with Gasteiger partial charge in [0.2, 0.25) is 10.0 Å². The Morgan fingerprint density at radius 1 is 1.30 bits per heavy atom. The third-order valence-corrected chi connectivity index (χ3v) is 5.52. The Kier molecular flexibility index (Phi) is 5.18. The summed E-state index contributed by atoms with van der Waals surface area (Å²) in [7, 11) is -3.40. The van der Waals surface area contributed by atoms with E-state index in [-0.39, 0.29) is 0 Å². The maximum Gasteiger partial charge on any atom is 0.240 e. The molecule has 0 fully saturated rings. The molecule has 1 aliphatic carbocycles. The number of nitrogens with one attached hydrogen (secondary N) is 1. The Morgan fingerprint density at radius 2 is 2.05 bits per heavy atom. The van der Waals surface area contributed by atoms with E-state index in [1.54, 1.807) is 6.07 Å². The van der Waals surface area contributed by atoms with E-state index in [0.29, 0.717) is 23.9 Å². The summed E-state index contributed by atoms with van der Waals surface area (Å²) in [5.41, 5.74) is 8.01. The largest absolute Gasteiger partial charge is 0.330 e. The van der Waals surface area contributed by atoms with Crippen molar-refractivity contribution in [3.05, 3.63) is 29.3 Å². The Bertz CT molecular complexity index is 555. The van der Waals surface area contributed by atoms with Crippen LogP contribution in [-0.2, 0) is 22.9 Å². The zero-order chi connectivity index (χ0) is 14.6. The average molecular weight is 296 g/mol. The molecule has 0 aliphatic heterocycles. The second-order valence-electron chi connectivity index (χ2n) is 5.49. The van der Waals surface area contributed by atoms with Crippen LogP contribution in [0.4, 0.5) is 0 Å². The predicted octanol–water partition coefficient (Wildman–Crippen LogP) is 1.83. The monoisotopic (exact) mass is 296 g/mol. The van der Waals surface area contributed by atoms with E-state index >= 15 is 0 Å². The molecule has 5 heteroatoms. The van der Waals surface area contributed by atoms with Gasteiger partial charge in [0, 0.05) is 6.54 Å². The summed E-state index contributed by atoms with van der Waals surface area (Å²) >= 11 is 0. The van der Waals surface area contributed by atoms with Crippen molar-refractivity contribution in [1.29, 1.82) is 0 Å². The van der Waals surface area contributed by atoms with E-state index in [9.17, 15) is 8.42 Å². The predicted molar refractivity (Wildman–Crippen MR) is 81.1 cm³/mol. The van der Waals surface area contributed by atoms with Crippen LogP contribution in [0.2, 0.25) is 0 Å². The summed E-state index contributed by atoms with van der Waals surface area (Å²) in [5, 5.41) is 0. The van der Waals surface area contributed by atoms with Gasteiger partial charge in [0.15, 0.2) is 0 Å². The molecule has 0 amide bonds. The van der Waals surface area contributed by atoms with Gasteiger partial charge in [0.25, 0.3) is 0 Å². The Balaban J connectivity index is 2.06. The highest BCUT2D eigenvalue weighted by Gasteiger charge is 2.19. The van der Waals surface area contributed by atoms with Crippen molar-refractivity contribution >= 4 is 10.0 Å². The summed E-state index contributed by atoms with van der Waals surface area (Å²) in [5.74, 6) is 0.309. The number of hydrogen-bond acceptors (Lipinski definition) is 3. The zero-order valence-corrected chi connectivity index (χ0v) is 12.9. The molecule has 1 aromatic rings. The van der Waals surface area contributed by atoms with Crippen molar-refractivity contribution in [1.82, 2.24) is 4.72 Å². The van der Waals surface area contributed by atoms with Crippen molar-refractivity contribution in [2.24, 2.45) is 11.7 Å². The lowest BCUT2D eigenvalue weighted by Crippen LogP contribution is -2.30. The molecule has 2 rings (SSSR count). The van der Waals surface area contributed by atoms with Crippen molar-refractivity contribution in [2.45, 2.75) is 43.9 Å². The second-order valence-corrected chi connectivity index (χ2v) is 7.25. The minimum Gasteiger partial charge on any atom is -0.330 e. The van der Waals surface area contributed by atoms with Gasteiger partial charge < -0.3 is 5.73 Å². The van der Waals surface area contributed by atoms with E-state index in [0.717, 1.165) is 32.1 Å². The zero-order valence-electron chi connectivity index (χ0n) is 12.1. The number of fused-ring (bicyclic) bond motifs is 1. The summed E-state index contributed by atoms with van der Waals surface area (Å²) in [6, 6.07) is 5.50. The normalized spacial score (nSPS) is 16.1. The third kappa shape index (κ3) is 3.59. The molecule has 0 bridgehead atoms. The van der Waals surface area contributed by atoms with E-state index in [1.165, 1.54) is 11.1 Å². The standard InChI is InChI=1S/C15H24N2O2S/c1-2-12(8-9-16)11-17-20(18,19)15-7-6-13-4-3-5-14(13)10-15/h6-7,10,12,17H,2-5,8-9,11,16H2,1H3. The number of nitrogens with two attached hydrogens (primary N) is 1. The molecule has 0 heterocycles. The third-order valence-electron chi connectivity index (χ3n) is 4.09. The molecule has 4 nitrogen and oxygen atoms in total. The maximum atomic E-state index is 12.3. The molecule has 20 heavy (non-hydrogen) atoms. The lowest BCUT2D eigenvalue weighted by molar-refractivity contribution is 0.466. The SMILES string of the molecule is CCC(CCN)CNS(=O)(=O)c1ccc2c(c1)CCC2. The van der Waals surface area contributed by atoms with Crippen LogP contribution in [0.5, 0.6) is 0 Å². The topological polar surface area (TPSA) is 72.2 Å². The number of aryl methyl sites for hydroxylation is 2. The molecule has 1 atom stereocenters. The molecule has 3 N–H and O–H groups in total. The Hall–Kier alpha value is -0.910. The first-order valence-corrected chi connectivity index (χ1v) is 8.86. The van der Waals surface area contributed by atoms with E-state index in [2.05, 4.69) is 11.6 Å². The van der Waals surface area contributed by atoms with Crippen LogP contribution in [-0.4, -0.2) is 21.5 Å². The van der Waals surface area contributed by atoms with E-state index in [1.807, 2.05) is 12.1 Å². The number of rotatable bonds is 7. The molecule has 0 radical (unpaired) electrons. The van der Waals surface area contributed by atoms with Crippen LogP contribution >= 0.6 is 0 Å². The van der Waals surface area contributed by atoms with Gasteiger partial charge in [-0.15, -0.1) is 0 Å². The molecule has 0 saturated carbocycles. The second kappa shape index (κ2) is 6.70. The first kappa shape index (κ1) is 15.5. The van der Waals surface area contributed by atoms with Gasteiger partial charge in [-0.05, 0) is 61.4 Å². The molecule has 1 aromatic carbocycles. The van der Waals surface area contributed by atoms with Crippen LogP contribution in [0.15, 0.2) is 23.1 Å². The average Bonchev–Trinajstić information content (AvgIpc) is 2.90. The fourth-order valence-electron chi connectivity index (χ4n) is 2.71. The molecule has 0 aromatic heterocycles. The fourth-order valence-corrected chi connectivity index (χ4v) is 3.88. The highest BCUT2D eigenvalue weighted by Crippen LogP contribution is 2.24. The van der Waals surface area contributed by atoms with Crippen molar-refractivity contribution in [3.8, 4) is 0 Å². The molecule has 1 aliphatic rings. The van der Waals surface area contributed by atoms with Crippen LogP contribution in [0, 0.1) is 5.92 Å². The van der Waals surface area contributed by atoms with Crippen LogP contribution < -0.4 is 10.5 Å². The Labute approximate surface area is 121 Å². The summed E-state index contributed by atoms with van der Waals surface area (Å²) in [6.45, 7) is 3.12. The van der Waals surface area contributed by atoms with Crippen LogP contribution in [0.25, 0.3) is 0 Å². The molecule has 0 spiro atoms. The highest BCUT2D eigenvalue weighted by atomic mass is 32.2. The quantitative estimate of drug-likeness (QED) is 0.806. The van der Waals surface area contributed by atoms with Crippen LogP contribution in [0.1, 0.15) is 37.3 Å². The van der Waals surface area contributed by atoms with Crippen molar-refractivity contribution in [3.63, 3.8) is 0 Å². The van der Waals surface area contributed by atoms with Gasteiger partial charge in [-0.3, -0.25) is 0 Å². The summed E-state index contributed by atoms with van der Waals surface area (Å²) < 4.78 is 27.3. The lowest BCUT2D eigenvalue weighted by atomic mass is 10.0. The van der Waals surface area contributed by atoms with Gasteiger partial charge in [0.1, 0.15) is 0 Å². The molecule has 1 unspecified atom stereocenters. The van der Waals surface area contributed by atoms with Crippen LogP contribution in [0.3, 0.4) is 0 Å². The highest BCUT2D eigenvalue weighted by molar-refractivity contribution is 7.89. The van der Waals surface area contributed by atoms with Crippen molar-refractivity contribution in [2.75, 3.05) is 13.1 Å². The molecule has 0 saturated heterocycles. The fraction of sp³-hybridized carbons (Fsp3) is 0.600. The molecular formula is C15H24N2O2S. The summed E-state index contributed by atoms with van der Waals surface area (Å²) in [4.78, 5) is 0.390. The van der Waals surface area contributed by atoms with Gasteiger partial charge in [-0.2, -0.15) is 0 Å². The Morgan fingerprint density at radius 3 is 2.75 bits per heavy atom. The maximum absolute atomic E-state index is 12.3. The van der Waals surface area contributed by atoms with Gasteiger partial charge in [0.05, 0.1) is 4.90 Å². The van der Waals surface area contributed by atoms with E-state index < -0.39 is 10.0 Å². The minimum atomic E-state index is -3.40. The minimum absolute atomic E-state index is 0.309. The molecular weight excluding hydrogens is 272 g/mol. The number of benzene rings is 1. The smallest absolute Gasteiger partial charge is 0.240 e. The van der Waals surface area contributed by atoms with Crippen molar-refractivity contribution < 1.29 is 8.42 Å². The molecule has 112 valence electrons. The lowest BCUT2D eigenvalue weighted by Gasteiger charge is -2.15.